The van der Waals surface area contributed by atoms with Crippen LogP contribution in [-0.2, 0) is 0 Å². The molecule has 0 aromatic carbocycles. The van der Waals surface area contributed by atoms with Gasteiger partial charge in [-0.2, -0.15) is 0 Å². The third-order valence-corrected chi connectivity index (χ3v) is 2.58. The molecule has 0 aromatic heterocycles. The highest BCUT2D eigenvalue weighted by Gasteiger charge is 2.19. The Hall–Kier alpha value is -1.26. The van der Waals surface area contributed by atoms with Crippen molar-refractivity contribution in [2.45, 2.75) is 41.5 Å². The number of nitrogens with one attached hydrogen (secondary N) is 2. The maximum atomic E-state index is 4.72. The van der Waals surface area contributed by atoms with Gasteiger partial charge in [-0.05, 0) is 10.8 Å². The Bertz CT molecular complexity index is 376. The summed E-state index contributed by atoms with van der Waals surface area (Å²) in [4.78, 5) is 6.77. The Morgan fingerprint density at radius 1 is 1.00 bits per heavy atom. The molecule has 0 unspecified atom stereocenters. The highest BCUT2D eigenvalue weighted by molar-refractivity contribution is 5.96. The van der Waals surface area contributed by atoms with Crippen LogP contribution in [0.25, 0.3) is 0 Å². The second-order valence-corrected chi connectivity index (χ2v) is 8.38. The van der Waals surface area contributed by atoms with Crippen LogP contribution in [0.4, 0.5) is 0 Å². The van der Waals surface area contributed by atoms with Gasteiger partial charge < -0.3 is 5.32 Å². The summed E-state index contributed by atoms with van der Waals surface area (Å²) >= 11 is 0. The summed E-state index contributed by atoms with van der Waals surface area (Å²) < 4.78 is 2.05. The van der Waals surface area contributed by atoms with Crippen LogP contribution in [0.15, 0.2) is 4.99 Å². The summed E-state index contributed by atoms with van der Waals surface area (Å²) in [5.74, 6) is 1.83. The summed E-state index contributed by atoms with van der Waals surface area (Å²) in [6.07, 6.45) is 0. The van der Waals surface area contributed by atoms with E-state index in [0.717, 1.165) is 25.0 Å². The Morgan fingerprint density at radius 3 is 1.86 bits per heavy atom. The molecule has 0 heterocycles. The molecule has 0 saturated heterocycles. The molecule has 0 aromatic rings. The lowest BCUT2D eigenvalue weighted by atomic mass is 9.97. The van der Waals surface area contributed by atoms with Gasteiger partial charge in [0.15, 0.2) is 0 Å². The Balaban J connectivity index is 5.09. The largest absolute Gasteiger partial charge is 0.354 e. The predicted molar refractivity (Wildman–Crippen MR) is 93.2 cm³/mol. The molecule has 5 heteroatoms. The van der Waals surface area contributed by atoms with Gasteiger partial charge in [0.05, 0.1) is 28.2 Å². The van der Waals surface area contributed by atoms with Crippen molar-refractivity contribution in [1.82, 2.24) is 15.5 Å². The topological polar surface area (TPSA) is 42.7 Å². The fourth-order valence-corrected chi connectivity index (χ4v) is 1.53. The third kappa shape index (κ3) is 10.2. The van der Waals surface area contributed by atoms with Gasteiger partial charge in [-0.25, -0.2) is 10.3 Å². The molecule has 0 amide bonds. The average Bonchev–Trinajstić information content (AvgIpc) is 2.24. The summed E-state index contributed by atoms with van der Waals surface area (Å²) in [5, 5.41) is 6.84. The zero-order valence-corrected chi connectivity index (χ0v) is 15.8. The summed E-state index contributed by atoms with van der Waals surface area (Å²) in [7, 11) is 8.09. The number of nitrogens with zero attached hydrogens (tertiary/aromatic N) is 3. The van der Waals surface area contributed by atoms with Crippen molar-refractivity contribution in [3.8, 4) is 0 Å². The molecular formula is C16H36N5+. The molecule has 0 saturated carbocycles. The minimum Gasteiger partial charge on any atom is -0.343 e. The van der Waals surface area contributed by atoms with Gasteiger partial charge in [0, 0.05) is 13.1 Å². The van der Waals surface area contributed by atoms with Gasteiger partial charge in [-0.1, -0.05) is 41.5 Å². The first kappa shape index (κ1) is 19.7. The third-order valence-electron chi connectivity index (χ3n) is 2.58. The first-order valence-corrected chi connectivity index (χ1v) is 7.59. The van der Waals surface area contributed by atoms with Gasteiger partial charge in [0.2, 0.25) is 0 Å². The van der Waals surface area contributed by atoms with Gasteiger partial charge in [0.1, 0.15) is 0 Å². The molecule has 0 spiro atoms. The van der Waals surface area contributed by atoms with E-state index in [4.69, 9.17) is 4.99 Å². The van der Waals surface area contributed by atoms with Crippen LogP contribution in [-0.4, -0.2) is 62.7 Å². The zero-order valence-electron chi connectivity index (χ0n) is 15.8. The Labute approximate surface area is 131 Å². The van der Waals surface area contributed by atoms with E-state index in [1.54, 1.807) is 0 Å². The van der Waals surface area contributed by atoms with E-state index in [0.29, 0.717) is 0 Å². The summed E-state index contributed by atoms with van der Waals surface area (Å²) in [6, 6.07) is 0. The van der Waals surface area contributed by atoms with E-state index in [9.17, 15) is 0 Å². The Kier molecular flexibility index (Phi) is 7.20. The highest BCUT2D eigenvalue weighted by atomic mass is 15.3. The van der Waals surface area contributed by atoms with Crippen molar-refractivity contribution >= 4 is 11.9 Å². The van der Waals surface area contributed by atoms with Gasteiger partial charge in [-0.3, -0.25) is 9.48 Å². The van der Waals surface area contributed by atoms with Crippen molar-refractivity contribution in [1.29, 1.82) is 0 Å². The van der Waals surface area contributed by atoms with Gasteiger partial charge in [0.25, 0.3) is 5.96 Å². The van der Waals surface area contributed by atoms with E-state index in [2.05, 4.69) is 52.2 Å². The quantitative estimate of drug-likeness (QED) is 0.464. The maximum absolute atomic E-state index is 4.72. The lowest BCUT2D eigenvalue weighted by Crippen LogP contribution is -2.51. The maximum Gasteiger partial charge on any atom is 0.354 e. The molecule has 0 aliphatic carbocycles. The van der Waals surface area contributed by atoms with Crippen LogP contribution in [0.2, 0.25) is 0 Å². The number of rotatable bonds is 2. The second-order valence-electron chi connectivity index (χ2n) is 8.38. The molecule has 0 aliphatic rings. The minimum atomic E-state index is 0.173. The van der Waals surface area contributed by atoms with Crippen molar-refractivity contribution in [2.75, 3.05) is 41.3 Å². The molecule has 124 valence electrons. The molecule has 0 aliphatic heterocycles. The molecule has 0 bridgehead atoms. The van der Waals surface area contributed by atoms with Crippen LogP contribution in [0.3, 0.4) is 0 Å². The monoisotopic (exact) mass is 298 g/mol. The minimum absolute atomic E-state index is 0.173. The van der Waals surface area contributed by atoms with E-state index in [-0.39, 0.29) is 10.8 Å². The van der Waals surface area contributed by atoms with Crippen molar-refractivity contribution < 1.29 is 4.58 Å². The first-order valence-electron chi connectivity index (χ1n) is 7.59. The van der Waals surface area contributed by atoms with Crippen molar-refractivity contribution in [3.63, 3.8) is 0 Å². The van der Waals surface area contributed by atoms with E-state index >= 15 is 0 Å². The van der Waals surface area contributed by atoms with Crippen LogP contribution in [0.5, 0.6) is 0 Å². The van der Waals surface area contributed by atoms with E-state index in [1.165, 1.54) is 0 Å². The number of guanidine groups is 2. The number of hydrogen-bond acceptors (Lipinski definition) is 1. The molecule has 0 atom stereocenters. The first-order chi connectivity index (χ1) is 9.32. The summed E-state index contributed by atoms with van der Waals surface area (Å²) in [5.41, 5.74) is 0.382. The standard InChI is InChI=1S/C16H35N5/c1-15(2,3)11-17-13(18-12-16(4,5)6)19-14(20(7)8)21(9)10/h11-12H2,1-10H3,(H,17,18)/p+1. The van der Waals surface area contributed by atoms with E-state index in [1.807, 2.05) is 37.7 Å². The van der Waals surface area contributed by atoms with Crippen LogP contribution < -0.4 is 10.6 Å². The SMILES string of the molecule is CN(C)C(NC(=NCC(C)(C)C)NCC(C)(C)C)=[N+](C)C. The molecule has 0 radical (unpaired) electrons. The smallest absolute Gasteiger partial charge is 0.343 e. The molecule has 5 nitrogen and oxygen atoms in total. The fourth-order valence-electron chi connectivity index (χ4n) is 1.53. The second kappa shape index (κ2) is 7.66. The van der Waals surface area contributed by atoms with Gasteiger partial charge in [-0.15, -0.1) is 0 Å². The average molecular weight is 298 g/mol. The lowest BCUT2D eigenvalue weighted by Gasteiger charge is -2.22. The molecule has 0 rings (SSSR count). The lowest BCUT2D eigenvalue weighted by molar-refractivity contribution is -0.471. The molecule has 0 fully saturated rings. The number of hydrogen-bond donors (Lipinski definition) is 2. The normalized spacial score (nSPS) is 13.0. The molecule has 21 heavy (non-hydrogen) atoms. The molecule has 2 N–H and O–H groups in total. The molecular weight excluding hydrogens is 262 g/mol. The summed E-state index contributed by atoms with van der Waals surface area (Å²) in [6.45, 7) is 14.9. The number of aliphatic imine (C=N–C) groups is 1. The van der Waals surface area contributed by atoms with Crippen LogP contribution in [0, 0.1) is 10.8 Å². The van der Waals surface area contributed by atoms with E-state index < -0.39 is 0 Å². The Morgan fingerprint density at radius 2 is 1.52 bits per heavy atom. The van der Waals surface area contributed by atoms with Crippen molar-refractivity contribution in [2.24, 2.45) is 15.8 Å². The highest BCUT2D eigenvalue weighted by Crippen LogP contribution is 2.13. The van der Waals surface area contributed by atoms with Crippen molar-refractivity contribution in [3.05, 3.63) is 0 Å². The van der Waals surface area contributed by atoms with Crippen LogP contribution >= 0.6 is 0 Å². The van der Waals surface area contributed by atoms with Crippen LogP contribution in [0.1, 0.15) is 41.5 Å². The zero-order chi connectivity index (χ0) is 16.8. The fraction of sp³-hybridized carbons (Fsp3) is 0.875. The van der Waals surface area contributed by atoms with Gasteiger partial charge >= 0.3 is 5.96 Å². The predicted octanol–water partition coefficient (Wildman–Crippen LogP) is 1.80.